The quantitative estimate of drug-likeness (QED) is 0.447. The summed E-state index contributed by atoms with van der Waals surface area (Å²) in [6.07, 6.45) is -0.727. The number of benzene rings is 3. The average Bonchev–Trinajstić information content (AvgIpc) is 2.76. The second-order valence-electron chi connectivity index (χ2n) is 9.45. The Kier molecular flexibility index (Phi) is 7.36. The van der Waals surface area contributed by atoms with E-state index in [9.17, 15) is 13.2 Å². The molecule has 0 unspecified atom stereocenters. The van der Waals surface area contributed by atoms with Crippen molar-refractivity contribution in [3.8, 4) is 5.75 Å². The Morgan fingerprint density at radius 2 is 1.44 bits per heavy atom. The lowest BCUT2D eigenvalue weighted by atomic mass is 9.87. The van der Waals surface area contributed by atoms with Crippen molar-refractivity contribution in [1.29, 1.82) is 0 Å². The van der Waals surface area contributed by atoms with Crippen molar-refractivity contribution in [2.24, 2.45) is 0 Å². The minimum Gasteiger partial charge on any atom is -0.481 e. The zero-order valence-electron chi connectivity index (χ0n) is 20.5. The highest BCUT2D eigenvalue weighted by Gasteiger charge is 2.18. The van der Waals surface area contributed by atoms with Crippen molar-refractivity contribution < 1.29 is 17.9 Å². The lowest BCUT2D eigenvalue weighted by Gasteiger charge is -2.20. The topological polar surface area (TPSA) is 84.5 Å². The summed E-state index contributed by atoms with van der Waals surface area (Å²) in [5.41, 5.74) is 4.29. The van der Waals surface area contributed by atoms with Crippen LogP contribution in [0.3, 0.4) is 0 Å². The molecule has 3 aromatic carbocycles. The van der Waals surface area contributed by atoms with Gasteiger partial charge >= 0.3 is 0 Å². The van der Waals surface area contributed by atoms with Crippen LogP contribution >= 0.6 is 0 Å². The number of ether oxygens (including phenoxy) is 1. The largest absolute Gasteiger partial charge is 0.481 e. The number of carbonyl (C=O) groups is 1. The van der Waals surface area contributed by atoms with E-state index in [1.807, 2.05) is 44.2 Å². The van der Waals surface area contributed by atoms with Crippen molar-refractivity contribution >= 4 is 27.3 Å². The average molecular weight is 481 g/mol. The van der Waals surface area contributed by atoms with Crippen LogP contribution in [0.4, 0.5) is 11.4 Å². The smallest absolute Gasteiger partial charge is 0.265 e. The van der Waals surface area contributed by atoms with Gasteiger partial charge in [0.05, 0.1) is 4.90 Å². The molecule has 0 saturated heterocycles. The fourth-order valence-corrected chi connectivity index (χ4v) is 4.32. The van der Waals surface area contributed by atoms with Crippen LogP contribution in [-0.4, -0.2) is 20.4 Å². The number of hydrogen-bond donors (Lipinski definition) is 2. The van der Waals surface area contributed by atoms with Crippen molar-refractivity contribution in [1.82, 2.24) is 0 Å². The van der Waals surface area contributed by atoms with Crippen LogP contribution in [0, 0.1) is 13.8 Å². The Balaban J connectivity index is 1.61. The number of sulfonamides is 1. The fourth-order valence-electron chi connectivity index (χ4n) is 3.27. The SMILES string of the molecule is Cc1ccc(NS(=O)(=O)c2ccc(NC(=O)[C@@H](C)Oc3ccc(C(C)(C)C)cc3)cc2)cc1C. The van der Waals surface area contributed by atoms with Crippen LogP contribution in [0.15, 0.2) is 71.6 Å². The number of rotatable bonds is 7. The van der Waals surface area contributed by atoms with E-state index in [1.165, 1.54) is 17.7 Å². The van der Waals surface area contributed by atoms with E-state index in [2.05, 4.69) is 30.8 Å². The molecule has 7 heteroatoms. The lowest BCUT2D eigenvalue weighted by Crippen LogP contribution is -2.30. The maximum atomic E-state index is 12.7. The molecular formula is C27H32N2O4S. The van der Waals surface area contributed by atoms with Gasteiger partial charge in [-0.1, -0.05) is 39.0 Å². The molecule has 0 bridgehead atoms. The van der Waals surface area contributed by atoms with Crippen LogP contribution in [-0.2, 0) is 20.2 Å². The minimum atomic E-state index is -3.75. The second-order valence-corrected chi connectivity index (χ2v) is 11.1. The summed E-state index contributed by atoms with van der Waals surface area (Å²) in [4.78, 5) is 12.7. The summed E-state index contributed by atoms with van der Waals surface area (Å²) in [6, 6.07) is 19.1. The van der Waals surface area contributed by atoms with Gasteiger partial charge in [0, 0.05) is 11.4 Å². The summed E-state index contributed by atoms with van der Waals surface area (Å²) >= 11 is 0. The van der Waals surface area contributed by atoms with Crippen molar-refractivity contribution in [2.45, 2.75) is 58.0 Å². The highest BCUT2D eigenvalue weighted by atomic mass is 32.2. The van der Waals surface area contributed by atoms with Gasteiger partial charge in [-0.3, -0.25) is 9.52 Å². The van der Waals surface area contributed by atoms with E-state index in [1.54, 1.807) is 31.2 Å². The van der Waals surface area contributed by atoms with Crippen LogP contribution in [0.25, 0.3) is 0 Å². The van der Waals surface area contributed by atoms with Gasteiger partial charge in [0.15, 0.2) is 6.10 Å². The molecule has 1 amide bonds. The molecule has 0 aliphatic carbocycles. The molecule has 0 spiro atoms. The van der Waals surface area contributed by atoms with E-state index in [0.29, 0.717) is 17.1 Å². The Morgan fingerprint density at radius 1 is 0.853 bits per heavy atom. The summed E-state index contributed by atoms with van der Waals surface area (Å²) in [5.74, 6) is 0.276. The monoisotopic (exact) mass is 480 g/mol. The van der Waals surface area contributed by atoms with Gasteiger partial charge in [-0.25, -0.2) is 8.42 Å². The molecule has 0 aliphatic heterocycles. The van der Waals surface area contributed by atoms with Crippen LogP contribution in [0.5, 0.6) is 5.75 Å². The first-order chi connectivity index (χ1) is 15.8. The minimum absolute atomic E-state index is 0.0375. The first-order valence-electron chi connectivity index (χ1n) is 11.1. The summed E-state index contributed by atoms with van der Waals surface area (Å²) in [6.45, 7) is 12.0. The van der Waals surface area contributed by atoms with E-state index >= 15 is 0 Å². The molecule has 0 heterocycles. The Hall–Kier alpha value is -3.32. The molecule has 2 N–H and O–H groups in total. The van der Waals surface area contributed by atoms with Crippen molar-refractivity contribution in [2.75, 3.05) is 10.0 Å². The molecule has 0 aromatic heterocycles. The Bertz CT molecular complexity index is 1260. The lowest BCUT2D eigenvalue weighted by molar-refractivity contribution is -0.122. The zero-order chi connectivity index (χ0) is 25.1. The van der Waals surface area contributed by atoms with E-state index in [0.717, 1.165) is 11.1 Å². The van der Waals surface area contributed by atoms with E-state index in [-0.39, 0.29) is 16.2 Å². The highest BCUT2D eigenvalue weighted by molar-refractivity contribution is 7.92. The van der Waals surface area contributed by atoms with Crippen molar-refractivity contribution in [3.05, 3.63) is 83.4 Å². The first kappa shape index (κ1) is 25.3. The molecule has 3 aromatic rings. The normalized spacial score (nSPS) is 12.6. The summed E-state index contributed by atoms with van der Waals surface area (Å²) < 4.78 is 33.8. The highest BCUT2D eigenvalue weighted by Crippen LogP contribution is 2.25. The van der Waals surface area contributed by atoms with Gasteiger partial charge in [-0.15, -0.1) is 0 Å². The molecule has 180 valence electrons. The fraction of sp³-hybridized carbons (Fsp3) is 0.296. The van der Waals surface area contributed by atoms with E-state index < -0.39 is 16.1 Å². The molecule has 0 radical (unpaired) electrons. The number of aryl methyl sites for hydroxylation is 2. The third-order valence-electron chi connectivity index (χ3n) is 5.59. The molecule has 6 nitrogen and oxygen atoms in total. The van der Waals surface area contributed by atoms with Crippen molar-refractivity contribution in [3.63, 3.8) is 0 Å². The van der Waals surface area contributed by atoms with E-state index in [4.69, 9.17) is 4.74 Å². The maximum absolute atomic E-state index is 12.7. The van der Waals surface area contributed by atoms with Gasteiger partial charge in [-0.2, -0.15) is 0 Å². The van der Waals surface area contributed by atoms with Gasteiger partial charge in [0.2, 0.25) is 0 Å². The second kappa shape index (κ2) is 9.89. The first-order valence-corrected chi connectivity index (χ1v) is 12.6. The number of carbonyl (C=O) groups excluding carboxylic acids is 1. The zero-order valence-corrected chi connectivity index (χ0v) is 21.3. The number of amides is 1. The number of nitrogens with one attached hydrogen (secondary N) is 2. The van der Waals surface area contributed by atoms with Gasteiger partial charge < -0.3 is 10.1 Å². The van der Waals surface area contributed by atoms with Gasteiger partial charge in [0.1, 0.15) is 5.75 Å². The Labute approximate surface area is 202 Å². The molecule has 0 saturated carbocycles. The van der Waals surface area contributed by atoms with Gasteiger partial charge in [-0.05, 0) is 91.4 Å². The standard InChI is InChI=1S/C27H32N2O4S/c1-18-7-10-23(17-19(18)2)29-34(31,32)25-15-11-22(12-16-25)28-26(30)20(3)33-24-13-8-21(9-14-24)27(4,5)6/h7-17,20,29H,1-6H3,(H,28,30)/t20-/m1/s1. The van der Waals surface area contributed by atoms with Crippen LogP contribution < -0.4 is 14.8 Å². The van der Waals surface area contributed by atoms with Crippen LogP contribution in [0.1, 0.15) is 44.4 Å². The third kappa shape index (κ3) is 6.38. The molecule has 34 heavy (non-hydrogen) atoms. The number of anilines is 2. The Morgan fingerprint density at radius 3 is 2.00 bits per heavy atom. The summed E-state index contributed by atoms with van der Waals surface area (Å²) in [5, 5.41) is 2.76. The maximum Gasteiger partial charge on any atom is 0.265 e. The van der Waals surface area contributed by atoms with Crippen LogP contribution in [0.2, 0.25) is 0 Å². The molecule has 3 rings (SSSR count). The molecule has 0 aliphatic rings. The number of hydrogen-bond acceptors (Lipinski definition) is 4. The predicted molar refractivity (Wildman–Crippen MR) is 137 cm³/mol. The molecule has 1 atom stereocenters. The molecular weight excluding hydrogens is 448 g/mol. The van der Waals surface area contributed by atoms with Gasteiger partial charge in [0.25, 0.3) is 15.9 Å². The third-order valence-corrected chi connectivity index (χ3v) is 6.99. The molecule has 0 fully saturated rings. The predicted octanol–water partition coefficient (Wildman–Crippen LogP) is 5.81. The summed E-state index contributed by atoms with van der Waals surface area (Å²) in [7, 11) is -3.75.